The van der Waals surface area contributed by atoms with E-state index in [2.05, 4.69) is 0 Å². The van der Waals surface area contributed by atoms with E-state index < -0.39 is 13.8 Å². The van der Waals surface area contributed by atoms with Crippen LogP contribution in [0.5, 0.6) is 0 Å². The molecule has 0 heterocycles. The second-order valence-corrected chi connectivity index (χ2v) is 5.67. The summed E-state index contributed by atoms with van der Waals surface area (Å²) in [4.78, 5) is 0. The lowest BCUT2D eigenvalue weighted by Crippen LogP contribution is -2.29. The molecule has 0 aliphatic rings. The van der Waals surface area contributed by atoms with E-state index in [0.717, 1.165) is 0 Å². The van der Waals surface area contributed by atoms with Gasteiger partial charge in [0.25, 0.3) is 0 Å². The Morgan fingerprint density at radius 1 is 1.30 bits per heavy atom. The molecule has 0 aromatic rings. The molecule has 2 nitrogen and oxygen atoms in total. The predicted octanol–water partition coefficient (Wildman–Crippen LogP) is 2.13. The maximum Gasteiger partial charge on any atom is 0.238 e. The van der Waals surface area contributed by atoms with E-state index >= 15 is 0 Å². The molecule has 0 aliphatic carbocycles. The first-order valence-electron chi connectivity index (χ1n) is 3.31. The molecule has 0 aromatic carbocycles. The Kier molecular flexibility index (Phi) is 3.17. The highest BCUT2D eigenvalue weighted by molar-refractivity contribution is 8.14. The lowest BCUT2D eigenvalue weighted by atomic mass is 10.1. The van der Waals surface area contributed by atoms with Crippen molar-refractivity contribution in [2.75, 3.05) is 0 Å². The van der Waals surface area contributed by atoms with Crippen LogP contribution in [0.15, 0.2) is 0 Å². The molecule has 0 N–H and O–H groups in total. The Bertz CT molecular complexity index is 192. The van der Waals surface area contributed by atoms with Gasteiger partial charge in [0.2, 0.25) is 9.05 Å². The molecule has 0 saturated carbocycles. The highest BCUT2D eigenvalue weighted by Gasteiger charge is 2.33. The van der Waals surface area contributed by atoms with Crippen LogP contribution in [-0.4, -0.2) is 13.2 Å². The Hall–Kier alpha value is 0.240. The van der Waals surface area contributed by atoms with E-state index in [1.807, 2.05) is 13.8 Å². The average molecular weight is 185 g/mol. The Morgan fingerprint density at radius 2 is 1.60 bits per heavy atom. The van der Waals surface area contributed by atoms with Crippen molar-refractivity contribution in [3.05, 3.63) is 0 Å². The molecule has 0 amide bonds. The maximum absolute atomic E-state index is 10.9. The van der Waals surface area contributed by atoms with Gasteiger partial charge >= 0.3 is 0 Å². The van der Waals surface area contributed by atoms with Crippen LogP contribution in [0.4, 0.5) is 0 Å². The van der Waals surface area contributed by atoms with E-state index in [0.29, 0.717) is 12.8 Å². The highest BCUT2D eigenvalue weighted by atomic mass is 35.7. The minimum absolute atomic E-state index is 0.565. The Labute approximate surface area is 67.0 Å². The van der Waals surface area contributed by atoms with Gasteiger partial charge in [0, 0.05) is 10.7 Å². The number of hydrogen-bond donors (Lipinski definition) is 0. The molecule has 0 aromatic heterocycles. The van der Waals surface area contributed by atoms with E-state index in [4.69, 9.17) is 10.7 Å². The van der Waals surface area contributed by atoms with Crippen LogP contribution in [0.2, 0.25) is 0 Å². The van der Waals surface area contributed by atoms with E-state index in [-0.39, 0.29) is 0 Å². The zero-order chi connectivity index (χ0) is 8.41. The summed E-state index contributed by atoms with van der Waals surface area (Å²) in [6.07, 6.45) is 1.13. The normalized spacial score (nSPS) is 13.6. The van der Waals surface area contributed by atoms with Crippen molar-refractivity contribution in [2.24, 2.45) is 0 Å². The lowest BCUT2D eigenvalue weighted by Gasteiger charge is -2.21. The van der Waals surface area contributed by atoms with Crippen molar-refractivity contribution in [3.63, 3.8) is 0 Å². The van der Waals surface area contributed by atoms with E-state index in [1.54, 1.807) is 6.92 Å². The van der Waals surface area contributed by atoms with Crippen molar-refractivity contribution in [1.82, 2.24) is 0 Å². The van der Waals surface area contributed by atoms with Crippen LogP contribution in [0.1, 0.15) is 33.6 Å². The molecule has 10 heavy (non-hydrogen) atoms. The monoisotopic (exact) mass is 184 g/mol. The molecule has 0 rings (SSSR count). The van der Waals surface area contributed by atoms with Gasteiger partial charge in [-0.1, -0.05) is 13.8 Å². The second-order valence-electron chi connectivity index (χ2n) is 2.59. The van der Waals surface area contributed by atoms with E-state index in [1.165, 1.54) is 0 Å². The molecule has 0 radical (unpaired) electrons. The van der Waals surface area contributed by atoms with Crippen LogP contribution in [-0.2, 0) is 9.05 Å². The van der Waals surface area contributed by atoms with Gasteiger partial charge in [-0.2, -0.15) is 0 Å². The quantitative estimate of drug-likeness (QED) is 0.630. The molecule has 4 heteroatoms. The third-order valence-electron chi connectivity index (χ3n) is 2.08. The summed E-state index contributed by atoms with van der Waals surface area (Å²) in [5, 5.41) is 0. The second kappa shape index (κ2) is 3.09. The number of rotatable bonds is 3. The molecule has 0 aliphatic heterocycles. The van der Waals surface area contributed by atoms with Crippen LogP contribution < -0.4 is 0 Å². The van der Waals surface area contributed by atoms with E-state index in [9.17, 15) is 8.42 Å². The molecule has 0 fully saturated rings. The minimum Gasteiger partial charge on any atom is -0.212 e. The summed E-state index contributed by atoms with van der Waals surface area (Å²) >= 11 is 0. The molecular weight excluding hydrogens is 172 g/mol. The zero-order valence-corrected chi connectivity index (χ0v) is 8.09. The smallest absolute Gasteiger partial charge is 0.212 e. The molecule has 0 unspecified atom stereocenters. The van der Waals surface area contributed by atoms with Crippen molar-refractivity contribution in [3.8, 4) is 0 Å². The van der Waals surface area contributed by atoms with Crippen LogP contribution >= 0.6 is 10.7 Å². The highest BCUT2D eigenvalue weighted by Crippen LogP contribution is 2.27. The first-order valence-corrected chi connectivity index (χ1v) is 5.62. The standard InChI is InChI=1S/C6H13ClO2S/c1-4-6(3,5-2)10(7,8)9/h4-5H2,1-3H3. The molecule has 0 bridgehead atoms. The van der Waals surface area contributed by atoms with Crippen LogP contribution in [0, 0.1) is 0 Å². The average Bonchev–Trinajstić information content (AvgIpc) is 1.84. The molecular formula is C6H13ClO2S. The SMILES string of the molecule is CCC(C)(CC)S(=O)(=O)Cl. The summed E-state index contributed by atoms with van der Waals surface area (Å²) in [5.74, 6) is 0. The largest absolute Gasteiger partial charge is 0.238 e. The van der Waals surface area contributed by atoms with Gasteiger partial charge in [-0.15, -0.1) is 0 Å². The van der Waals surface area contributed by atoms with Gasteiger partial charge in [0.05, 0.1) is 4.75 Å². The Balaban J connectivity index is 4.68. The summed E-state index contributed by atoms with van der Waals surface area (Å²) in [6, 6.07) is 0. The molecule has 62 valence electrons. The van der Waals surface area contributed by atoms with Crippen molar-refractivity contribution in [2.45, 2.75) is 38.4 Å². The molecule has 0 saturated heterocycles. The van der Waals surface area contributed by atoms with Crippen LogP contribution in [0.25, 0.3) is 0 Å². The fourth-order valence-corrected chi connectivity index (χ4v) is 1.94. The topological polar surface area (TPSA) is 34.1 Å². The minimum atomic E-state index is -3.39. The van der Waals surface area contributed by atoms with Gasteiger partial charge in [0.15, 0.2) is 0 Å². The van der Waals surface area contributed by atoms with Crippen molar-refractivity contribution >= 4 is 19.7 Å². The fourth-order valence-electron chi connectivity index (χ4n) is 0.595. The third-order valence-corrected chi connectivity index (χ3v) is 4.96. The van der Waals surface area contributed by atoms with Gasteiger partial charge in [-0.25, -0.2) is 8.42 Å². The van der Waals surface area contributed by atoms with Gasteiger partial charge in [-0.05, 0) is 19.8 Å². The van der Waals surface area contributed by atoms with Gasteiger partial charge in [0.1, 0.15) is 0 Å². The fraction of sp³-hybridized carbons (Fsp3) is 1.00. The Morgan fingerprint density at radius 3 is 1.60 bits per heavy atom. The van der Waals surface area contributed by atoms with Crippen LogP contribution in [0.3, 0.4) is 0 Å². The molecule has 0 atom stereocenters. The summed E-state index contributed by atoms with van der Waals surface area (Å²) < 4.78 is 21.0. The number of halogens is 1. The van der Waals surface area contributed by atoms with Gasteiger partial charge in [-0.3, -0.25) is 0 Å². The summed E-state index contributed by atoms with van der Waals surface area (Å²) in [5.41, 5.74) is 0. The first-order chi connectivity index (χ1) is 4.37. The predicted molar refractivity (Wildman–Crippen MR) is 43.8 cm³/mol. The van der Waals surface area contributed by atoms with Crippen molar-refractivity contribution in [1.29, 1.82) is 0 Å². The van der Waals surface area contributed by atoms with Gasteiger partial charge < -0.3 is 0 Å². The van der Waals surface area contributed by atoms with Crippen molar-refractivity contribution < 1.29 is 8.42 Å². The third kappa shape index (κ3) is 1.86. The lowest BCUT2D eigenvalue weighted by molar-refractivity contribution is 0.520. The summed E-state index contributed by atoms with van der Waals surface area (Å²) in [7, 11) is 1.82. The first kappa shape index (κ1) is 10.2. The summed E-state index contributed by atoms with van der Waals surface area (Å²) in [6.45, 7) is 5.31. The molecule has 0 spiro atoms. The number of hydrogen-bond acceptors (Lipinski definition) is 2. The zero-order valence-electron chi connectivity index (χ0n) is 6.52. The maximum atomic E-state index is 10.9.